The summed E-state index contributed by atoms with van der Waals surface area (Å²) in [6.45, 7) is 14.2. The van der Waals surface area contributed by atoms with Gasteiger partial charge in [0, 0.05) is 51.9 Å². The molecule has 340 valence electrons. The van der Waals surface area contributed by atoms with Gasteiger partial charge >= 0.3 is 12.0 Å². The lowest BCUT2D eigenvalue weighted by Gasteiger charge is -2.35. The second-order valence-electron chi connectivity index (χ2n) is 18.7. The maximum absolute atomic E-state index is 12.8. The average Bonchev–Trinajstić information content (AvgIpc) is 3.25. The first-order chi connectivity index (χ1) is 31.0. The van der Waals surface area contributed by atoms with Crippen LogP contribution in [-0.2, 0) is 48.6 Å². The summed E-state index contributed by atoms with van der Waals surface area (Å²) in [5, 5.41) is 5.75. The number of nitrogens with two attached hydrogens (primary N) is 2. The number of ether oxygens (including phenoxy) is 2. The van der Waals surface area contributed by atoms with E-state index in [0.29, 0.717) is 61.3 Å². The van der Waals surface area contributed by atoms with E-state index in [-0.39, 0.29) is 48.6 Å². The summed E-state index contributed by atoms with van der Waals surface area (Å²) < 4.78 is 12.0. The van der Waals surface area contributed by atoms with Crippen LogP contribution in [0, 0.1) is 11.8 Å². The van der Waals surface area contributed by atoms with Crippen LogP contribution in [0.25, 0.3) is 0 Å². The number of fused-ring (bicyclic) bond motifs is 4. The predicted molar refractivity (Wildman–Crippen MR) is 249 cm³/mol. The highest BCUT2D eigenvalue weighted by atomic mass is 16.5. The van der Waals surface area contributed by atoms with Gasteiger partial charge in [0.15, 0.2) is 23.3 Å². The summed E-state index contributed by atoms with van der Waals surface area (Å²) in [4.78, 5) is 52.9. The second-order valence-corrected chi connectivity index (χ2v) is 18.7. The number of aromatic nitrogens is 4. The summed E-state index contributed by atoms with van der Waals surface area (Å²) >= 11 is 0. The molecule has 4 aliphatic heterocycles. The van der Waals surface area contributed by atoms with Gasteiger partial charge in [-0.05, 0) is 97.1 Å². The maximum atomic E-state index is 12.8. The number of nitrogens with zero attached hydrogens (tertiary/aromatic N) is 8. The molecule has 2 atom stereocenters. The standard InChI is InChI=1S/C48H64N12O4/c1-4-5-18-63-47-53-43(49)41-45(55-47)60(29-40(62)51-41)25-34-10-12-36-14-17-58(27-38(36)22-34)31(3)20-30(2)15-19-64-48-54-44(50)42-46(56-48)59(28-39(61)52-42)24-33-9-11-35-13-16-57(26-37(35)21-33)23-32-7-6-8-32/h9-12,21-22,30-32H,4-8,13-20,23-29H2,1-3H3,(H,51,62)(H,52,61)(H2,49,53,55)(H2,50,54,56). The average molecular weight is 873 g/mol. The monoisotopic (exact) mass is 873 g/mol. The lowest BCUT2D eigenvalue weighted by atomic mass is 9.84. The van der Waals surface area contributed by atoms with Crippen molar-refractivity contribution >= 4 is 46.5 Å². The molecule has 0 bridgehead atoms. The fourth-order valence-electron chi connectivity index (χ4n) is 9.85. The minimum Gasteiger partial charge on any atom is -0.463 e. The van der Waals surface area contributed by atoms with Crippen molar-refractivity contribution in [1.82, 2.24) is 29.7 Å². The first-order valence-corrected chi connectivity index (χ1v) is 23.4. The Morgan fingerprint density at radius 2 is 1.31 bits per heavy atom. The Labute approximate surface area is 376 Å². The molecule has 0 radical (unpaired) electrons. The van der Waals surface area contributed by atoms with Crippen LogP contribution in [0.3, 0.4) is 0 Å². The molecule has 16 nitrogen and oxygen atoms in total. The number of hydrogen-bond donors (Lipinski definition) is 4. The number of rotatable bonds is 17. The zero-order chi connectivity index (χ0) is 44.3. The molecular weight excluding hydrogens is 809 g/mol. The molecule has 1 fully saturated rings. The molecule has 4 aromatic rings. The van der Waals surface area contributed by atoms with E-state index in [0.717, 1.165) is 81.7 Å². The smallest absolute Gasteiger partial charge is 0.320 e. The number of benzene rings is 2. The van der Waals surface area contributed by atoms with E-state index in [2.05, 4.69) is 92.6 Å². The molecule has 5 aliphatic rings. The van der Waals surface area contributed by atoms with Gasteiger partial charge in [-0.25, -0.2) is 0 Å². The van der Waals surface area contributed by atoms with Crippen LogP contribution >= 0.6 is 0 Å². The van der Waals surface area contributed by atoms with Gasteiger partial charge in [0.1, 0.15) is 11.4 Å². The summed E-state index contributed by atoms with van der Waals surface area (Å²) in [6.07, 6.45) is 9.87. The van der Waals surface area contributed by atoms with Crippen molar-refractivity contribution in [2.45, 2.75) is 111 Å². The molecular formula is C48H64N12O4. The Morgan fingerprint density at radius 1 is 0.734 bits per heavy atom. The lowest BCUT2D eigenvalue weighted by Crippen LogP contribution is -2.39. The molecule has 1 aliphatic carbocycles. The van der Waals surface area contributed by atoms with E-state index < -0.39 is 0 Å². The van der Waals surface area contributed by atoms with Gasteiger partial charge in [-0.15, -0.1) is 0 Å². The van der Waals surface area contributed by atoms with Crippen molar-refractivity contribution in [2.24, 2.45) is 11.8 Å². The number of nitrogens with one attached hydrogen (secondary N) is 2. The summed E-state index contributed by atoms with van der Waals surface area (Å²) in [7, 11) is 0. The van der Waals surface area contributed by atoms with Crippen LogP contribution in [-0.4, -0.2) is 93.5 Å². The van der Waals surface area contributed by atoms with Crippen LogP contribution < -0.4 is 41.4 Å². The van der Waals surface area contributed by atoms with Gasteiger partial charge < -0.3 is 41.4 Å². The SMILES string of the molecule is CCCCOc1nc(N)c2c(n1)N(Cc1ccc3c(c1)CN(C(C)CC(C)CCOc1nc(N)c4c(n1)N(Cc1ccc5c(c1)CN(CC1CCC1)CC5)CC(=O)N4)CC3)CC(=O)N2. The molecule has 1 saturated carbocycles. The Hall–Kier alpha value is -5.74. The van der Waals surface area contributed by atoms with Crippen molar-refractivity contribution < 1.29 is 19.1 Å². The number of hydrogen-bond acceptors (Lipinski definition) is 14. The quantitative estimate of drug-likeness (QED) is 0.0913. The Morgan fingerprint density at radius 3 is 1.89 bits per heavy atom. The highest BCUT2D eigenvalue weighted by Crippen LogP contribution is 2.37. The van der Waals surface area contributed by atoms with Crippen LogP contribution in [0.4, 0.5) is 34.6 Å². The topological polar surface area (TPSA) is 193 Å². The number of amides is 2. The van der Waals surface area contributed by atoms with E-state index in [1.54, 1.807) is 0 Å². The molecule has 0 spiro atoms. The van der Waals surface area contributed by atoms with Gasteiger partial charge in [-0.3, -0.25) is 19.4 Å². The Bertz CT molecular complexity index is 2360. The predicted octanol–water partition coefficient (Wildman–Crippen LogP) is 5.93. The molecule has 2 aromatic carbocycles. The van der Waals surface area contributed by atoms with Crippen molar-refractivity contribution in [3.05, 3.63) is 69.8 Å². The largest absolute Gasteiger partial charge is 0.463 e. The van der Waals surface area contributed by atoms with E-state index in [1.165, 1.54) is 48.1 Å². The lowest BCUT2D eigenvalue weighted by molar-refractivity contribution is -0.116. The van der Waals surface area contributed by atoms with E-state index in [1.807, 2.05) is 9.80 Å². The first-order valence-electron chi connectivity index (χ1n) is 23.4. The highest BCUT2D eigenvalue weighted by molar-refractivity contribution is 6.03. The molecule has 2 aromatic heterocycles. The van der Waals surface area contributed by atoms with E-state index in [9.17, 15) is 9.59 Å². The third-order valence-corrected chi connectivity index (χ3v) is 13.7. The van der Waals surface area contributed by atoms with Crippen LogP contribution in [0.2, 0.25) is 0 Å². The van der Waals surface area contributed by atoms with Crippen molar-refractivity contribution in [3.63, 3.8) is 0 Å². The summed E-state index contributed by atoms with van der Waals surface area (Å²) in [6, 6.07) is 14.2. The second kappa shape index (κ2) is 19.2. The Balaban J connectivity index is 0.787. The van der Waals surface area contributed by atoms with E-state index in [4.69, 9.17) is 25.9 Å². The normalized spacial score (nSPS) is 18.5. The highest BCUT2D eigenvalue weighted by Gasteiger charge is 2.31. The number of anilines is 6. The number of nitrogen functional groups attached to an aromatic ring is 2. The molecule has 16 heteroatoms. The molecule has 2 amide bonds. The molecule has 2 unspecified atom stereocenters. The maximum Gasteiger partial charge on any atom is 0.320 e. The fourth-order valence-corrected chi connectivity index (χ4v) is 9.85. The number of carbonyl (C=O) groups excluding carboxylic acids is 2. The minimum absolute atomic E-state index is 0.135. The van der Waals surface area contributed by atoms with Gasteiger partial charge in [-0.2, -0.15) is 19.9 Å². The zero-order valence-corrected chi connectivity index (χ0v) is 37.7. The van der Waals surface area contributed by atoms with Crippen LogP contribution in [0.15, 0.2) is 36.4 Å². The van der Waals surface area contributed by atoms with Gasteiger partial charge in [0.2, 0.25) is 11.8 Å². The number of carbonyl (C=O) groups is 2. The van der Waals surface area contributed by atoms with Crippen molar-refractivity contribution in [2.75, 3.05) is 77.8 Å². The van der Waals surface area contributed by atoms with Gasteiger partial charge in [0.25, 0.3) is 0 Å². The minimum atomic E-state index is -0.150. The first kappa shape index (κ1) is 43.5. The summed E-state index contributed by atoms with van der Waals surface area (Å²) in [5.41, 5.74) is 21.3. The molecule has 6 N–H and O–H groups in total. The van der Waals surface area contributed by atoms with Crippen LogP contribution in [0.5, 0.6) is 12.0 Å². The fraction of sp³-hybridized carbons (Fsp3) is 0.542. The van der Waals surface area contributed by atoms with E-state index >= 15 is 0 Å². The third-order valence-electron chi connectivity index (χ3n) is 13.7. The molecule has 0 saturated heterocycles. The van der Waals surface area contributed by atoms with Gasteiger partial charge in [-0.1, -0.05) is 63.1 Å². The van der Waals surface area contributed by atoms with Crippen molar-refractivity contribution in [1.29, 1.82) is 0 Å². The molecule has 6 heterocycles. The molecule has 64 heavy (non-hydrogen) atoms. The molecule has 9 rings (SSSR count). The third kappa shape index (κ3) is 9.97. The zero-order valence-electron chi connectivity index (χ0n) is 37.7. The summed E-state index contributed by atoms with van der Waals surface area (Å²) in [5.74, 6) is 2.53. The Kier molecular flexibility index (Phi) is 13.0. The van der Waals surface area contributed by atoms with Gasteiger partial charge in [0.05, 0.1) is 26.3 Å². The van der Waals surface area contributed by atoms with Crippen molar-refractivity contribution in [3.8, 4) is 12.0 Å². The number of unbranched alkanes of at least 4 members (excludes halogenated alkanes) is 1. The van der Waals surface area contributed by atoms with Crippen LogP contribution in [0.1, 0.15) is 99.1 Å².